The highest BCUT2D eigenvalue weighted by Gasteiger charge is 2.16. The van der Waals surface area contributed by atoms with E-state index in [-0.39, 0.29) is 0 Å². The van der Waals surface area contributed by atoms with Gasteiger partial charge >= 0.3 is 0 Å². The van der Waals surface area contributed by atoms with Crippen LogP contribution in [-0.4, -0.2) is 19.8 Å². The molecule has 0 saturated carbocycles. The van der Waals surface area contributed by atoms with Crippen LogP contribution >= 0.6 is 0 Å². The molecule has 0 aliphatic rings. The average Bonchev–Trinajstić information content (AvgIpc) is 2.49. The maximum absolute atomic E-state index is 5.74. The lowest BCUT2D eigenvalue weighted by molar-refractivity contribution is 0.286. The molecule has 0 aromatic heterocycles. The predicted octanol–water partition coefficient (Wildman–Crippen LogP) is 4.57. The van der Waals surface area contributed by atoms with Crippen LogP contribution in [0.25, 0.3) is 0 Å². The van der Waals surface area contributed by atoms with Gasteiger partial charge in [0.25, 0.3) is 0 Å². The normalized spacial score (nSPS) is 13.8. The molecular weight excluding hydrogens is 262 g/mol. The Morgan fingerprint density at radius 2 is 1.67 bits per heavy atom. The van der Waals surface area contributed by atoms with E-state index in [1.165, 1.54) is 12.0 Å². The van der Waals surface area contributed by atoms with E-state index in [1.807, 2.05) is 19.9 Å². The first-order valence-electron chi connectivity index (χ1n) is 8.29. The van der Waals surface area contributed by atoms with E-state index in [0.717, 1.165) is 24.5 Å². The zero-order valence-electron chi connectivity index (χ0n) is 14.2. The molecule has 2 atom stereocenters. The Morgan fingerprint density at radius 1 is 1.00 bits per heavy atom. The van der Waals surface area contributed by atoms with Gasteiger partial charge in [0.05, 0.1) is 13.2 Å². The fourth-order valence-corrected chi connectivity index (χ4v) is 2.44. The summed E-state index contributed by atoms with van der Waals surface area (Å²) in [6, 6.07) is 6.69. The van der Waals surface area contributed by atoms with Gasteiger partial charge in [-0.3, -0.25) is 0 Å². The third-order valence-corrected chi connectivity index (χ3v) is 3.76. The number of benzene rings is 1. The van der Waals surface area contributed by atoms with Crippen LogP contribution in [0.5, 0.6) is 11.5 Å². The molecule has 1 aromatic rings. The van der Waals surface area contributed by atoms with Crippen LogP contribution in [0.15, 0.2) is 18.2 Å². The standard InChI is InChI=1S/C18H31NO2/c1-6-14(5)12-16(19-7-2)15-10-11-17(20-8-3)18(13-15)21-9-4/h10-11,13-14,16,19H,6-9,12H2,1-5H3. The van der Waals surface area contributed by atoms with Gasteiger partial charge in [0.15, 0.2) is 11.5 Å². The fraction of sp³-hybridized carbons (Fsp3) is 0.667. The van der Waals surface area contributed by atoms with E-state index >= 15 is 0 Å². The van der Waals surface area contributed by atoms with Gasteiger partial charge in [0.1, 0.15) is 0 Å². The first-order chi connectivity index (χ1) is 10.2. The van der Waals surface area contributed by atoms with Crippen LogP contribution in [0.2, 0.25) is 0 Å². The van der Waals surface area contributed by atoms with E-state index in [9.17, 15) is 0 Å². The van der Waals surface area contributed by atoms with E-state index in [0.29, 0.717) is 25.2 Å². The molecule has 1 N–H and O–H groups in total. The maximum atomic E-state index is 5.74. The molecule has 0 heterocycles. The smallest absolute Gasteiger partial charge is 0.161 e. The van der Waals surface area contributed by atoms with Crippen molar-refractivity contribution in [1.82, 2.24) is 5.32 Å². The van der Waals surface area contributed by atoms with Crippen molar-refractivity contribution >= 4 is 0 Å². The number of nitrogens with one attached hydrogen (secondary N) is 1. The molecule has 0 aliphatic carbocycles. The molecule has 1 aromatic carbocycles. The van der Waals surface area contributed by atoms with Crippen LogP contribution in [0.3, 0.4) is 0 Å². The summed E-state index contributed by atoms with van der Waals surface area (Å²) in [5.41, 5.74) is 1.28. The van der Waals surface area contributed by atoms with Gasteiger partial charge < -0.3 is 14.8 Å². The van der Waals surface area contributed by atoms with Gasteiger partial charge in [0, 0.05) is 6.04 Å². The van der Waals surface area contributed by atoms with Gasteiger partial charge in [0.2, 0.25) is 0 Å². The molecule has 2 unspecified atom stereocenters. The minimum Gasteiger partial charge on any atom is -0.490 e. The minimum absolute atomic E-state index is 0.375. The zero-order chi connectivity index (χ0) is 15.7. The molecule has 1 rings (SSSR count). The third-order valence-electron chi connectivity index (χ3n) is 3.76. The van der Waals surface area contributed by atoms with Crippen LogP contribution < -0.4 is 14.8 Å². The molecule has 0 radical (unpaired) electrons. The third kappa shape index (κ3) is 5.58. The molecule has 21 heavy (non-hydrogen) atoms. The quantitative estimate of drug-likeness (QED) is 0.685. The molecule has 0 aliphatic heterocycles. The lowest BCUT2D eigenvalue weighted by Crippen LogP contribution is -2.23. The lowest BCUT2D eigenvalue weighted by Gasteiger charge is -2.23. The topological polar surface area (TPSA) is 30.5 Å². The van der Waals surface area contributed by atoms with Crippen molar-refractivity contribution in [2.45, 2.75) is 53.5 Å². The summed E-state index contributed by atoms with van der Waals surface area (Å²) >= 11 is 0. The van der Waals surface area contributed by atoms with Crippen LogP contribution in [0.4, 0.5) is 0 Å². The second kappa shape index (κ2) is 9.67. The molecular formula is C18H31NO2. The average molecular weight is 293 g/mol. The van der Waals surface area contributed by atoms with Crippen molar-refractivity contribution in [3.63, 3.8) is 0 Å². The second-order valence-corrected chi connectivity index (χ2v) is 5.43. The molecule has 3 heteroatoms. The van der Waals surface area contributed by atoms with Gasteiger partial charge in [-0.1, -0.05) is 33.3 Å². The SMILES string of the molecule is CCNC(CC(C)CC)c1ccc(OCC)c(OCC)c1. The Kier molecular flexibility index (Phi) is 8.21. The molecule has 3 nitrogen and oxygen atoms in total. The van der Waals surface area contributed by atoms with Gasteiger partial charge in [-0.25, -0.2) is 0 Å². The first kappa shape index (κ1) is 17.8. The van der Waals surface area contributed by atoms with Crippen molar-refractivity contribution in [1.29, 1.82) is 0 Å². The van der Waals surface area contributed by atoms with Gasteiger partial charge in [-0.15, -0.1) is 0 Å². The number of hydrogen-bond acceptors (Lipinski definition) is 3. The molecule has 0 fully saturated rings. The largest absolute Gasteiger partial charge is 0.490 e. The Labute approximate surface area is 130 Å². The van der Waals surface area contributed by atoms with E-state index < -0.39 is 0 Å². The molecule has 120 valence electrons. The summed E-state index contributed by atoms with van der Waals surface area (Å²) in [7, 11) is 0. The van der Waals surface area contributed by atoms with Crippen LogP contribution in [-0.2, 0) is 0 Å². The van der Waals surface area contributed by atoms with E-state index in [1.54, 1.807) is 0 Å². The second-order valence-electron chi connectivity index (χ2n) is 5.43. The molecule has 0 saturated heterocycles. The van der Waals surface area contributed by atoms with Crippen molar-refractivity contribution < 1.29 is 9.47 Å². The first-order valence-corrected chi connectivity index (χ1v) is 8.29. The van der Waals surface area contributed by atoms with Crippen LogP contribution in [0, 0.1) is 5.92 Å². The minimum atomic E-state index is 0.375. The summed E-state index contributed by atoms with van der Waals surface area (Å²) < 4.78 is 11.4. The van der Waals surface area contributed by atoms with Crippen molar-refractivity contribution in [2.75, 3.05) is 19.8 Å². The lowest BCUT2D eigenvalue weighted by atomic mass is 9.94. The van der Waals surface area contributed by atoms with E-state index in [2.05, 4.69) is 38.2 Å². The zero-order valence-corrected chi connectivity index (χ0v) is 14.2. The highest BCUT2D eigenvalue weighted by molar-refractivity contribution is 5.44. The summed E-state index contributed by atoms with van der Waals surface area (Å²) in [4.78, 5) is 0. The maximum Gasteiger partial charge on any atom is 0.161 e. The summed E-state index contributed by atoms with van der Waals surface area (Å²) in [6.45, 7) is 13.0. The summed E-state index contributed by atoms with van der Waals surface area (Å²) in [6.07, 6.45) is 2.35. The Morgan fingerprint density at radius 3 is 2.24 bits per heavy atom. The Bertz CT molecular complexity index is 406. The molecule has 0 bridgehead atoms. The number of rotatable bonds is 10. The highest BCUT2D eigenvalue weighted by atomic mass is 16.5. The summed E-state index contributed by atoms with van der Waals surface area (Å²) in [5, 5.41) is 3.59. The molecule has 0 spiro atoms. The van der Waals surface area contributed by atoms with Crippen molar-refractivity contribution in [3.8, 4) is 11.5 Å². The number of ether oxygens (including phenoxy) is 2. The number of hydrogen-bond donors (Lipinski definition) is 1. The van der Waals surface area contributed by atoms with Crippen molar-refractivity contribution in [3.05, 3.63) is 23.8 Å². The Balaban J connectivity index is 2.98. The fourth-order valence-electron chi connectivity index (χ4n) is 2.44. The van der Waals surface area contributed by atoms with Crippen LogP contribution in [0.1, 0.15) is 59.1 Å². The van der Waals surface area contributed by atoms with E-state index in [4.69, 9.17) is 9.47 Å². The van der Waals surface area contributed by atoms with Gasteiger partial charge in [-0.2, -0.15) is 0 Å². The monoisotopic (exact) mass is 293 g/mol. The predicted molar refractivity (Wildman–Crippen MR) is 89.3 cm³/mol. The summed E-state index contributed by atoms with van der Waals surface area (Å²) in [5.74, 6) is 2.39. The van der Waals surface area contributed by atoms with Crippen molar-refractivity contribution in [2.24, 2.45) is 5.92 Å². The molecule has 0 amide bonds. The highest BCUT2D eigenvalue weighted by Crippen LogP contribution is 2.32. The van der Waals surface area contributed by atoms with Gasteiger partial charge in [-0.05, 0) is 50.4 Å². The Hall–Kier alpha value is -1.22.